The van der Waals surface area contributed by atoms with E-state index in [1.165, 1.54) is 7.11 Å². The van der Waals surface area contributed by atoms with Crippen LogP contribution >= 0.6 is 0 Å². The molecular formula is C12H26N2O2. The van der Waals surface area contributed by atoms with Crippen LogP contribution in [0.3, 0.4) is 0 Å². The second-order valence-corrected chi connectivity index (χ2v) is 5.12. The van der Waals surface area contributed by atoms with E-state index in [4.69, 9.17) is 5.73 Å². The highest BCUT2D eigenvalue weighted by molar-refractivity contribution is 5.79. The zero-order valence-corrected chi connectivity index (χ0v) is 11.4. The monoisotopic (exact) mass is 230 g/mol. The minimum absolute atomic E-state index is 0.349. The molecule has 0 aliphatic rings. The first-order chi connectivity index (χ1) is 7.22. The molecule has 16 heavy (non-hydrogen) atoms. The predicted octanol–water partition coefficient (Wildman–Crippen LogP) is 1.24. The molecule has 0 bridgehead atoms. The highest BCUT2D eigenvalue weighted by Gasteiger charge is 2.29. The van der Waals surface area contributed by atoms with Gasteiger partial charge in [-0.1, -0.05) is 13.8 Å². The van der Waals surface area contributed by atoms with Crippen molar-refractivity contribution < 1.29 is 9.53 Å². The standard InChI is InChI=1S/C12H26N2O2/c1-9(2)10(3)14(5)8-7-12(4,13)11(15)16-6/h9-10H,7-8,13H2,1-6H3. The summed E-state index contributed by atoms with van der Waals surface area (Å²) in [6.45, 7) is 9.05. The van der Waals surface area contributed by atoms with Crippen LogP contribution in [0.1, 0.15) is 34.1 Å². The summed E-state index contributed by atoms with van der Waals surface area (Å²) < 4.78 is 4.67. The van der Waals surface area contributed by atoms with Gasteiger partial charge >= 0.3 is 5.97 Å². The summed E-state index contributed by atoms with van der Waals surface area (Å²) in [4.78, 5) is 13.6. The zero-order chi connectivity index (χ0) is 12.9. The van der Waals surface area contributed by atoms with Crippen molar-refractivity contribution in [3.05, 3.63) is 0 Å². The van der Waals surface area contributed by atoms with Crippen molar-refractivity contribution in [3.8, 4) is 0 Å². The van der Waals surface area contributed by atoms with E-state index in [1.807, 2.05) is 0 Å². The second-order valence-electron chi connectivity index (χ2n) is 5.12. The fraction of sp³-hybridized carbons (Fsp3) is 0.917. The van der Waals surface area contributed by atoms with Gasteiger partial charge in [0.2, 0.25) is 0 Å². The van der Waals surface area contributed by atoms with E-state index in [-0.39, 0.29) is 5.97 Å². The molecule has 0 aliphatic carbocycles. The van der Waals surface area contributed by atoms with Gasteiger partial charge in [0.05, 0.1) is 7.11 Å². The van der Waals surface area contributed by atoms with E-state index in [0.717, 1.165) is 6.54 Å². The Kier molecular flexibility index (Phi) is 5.97. The lowest BCUT2D eigenvalue weighted by Gasteiger charge is -2.30. The summed E-state index contributed by atoms with van der Waals surface area (Å²) in [7, 11) is 3.42. The fourth-order valence-corrected chi connectivity index (χ4v) is 1.46. The molecule has 0 aromatic carbocycles. The Hall–Kier alpha value is -0.610. The van der Waals surface area contributed by atoms with Gasteiger partial charge in [0.1, 0.15) is 5.54 Å². The summed E-state index contributed by atoms with van der Waals surface area (Å²) in [6, 6.07) is 0.480. The van der Waals surface area contributed by atoms with E-state index >= 15 is 0 Å². The normalized spacial score (nSPS) is 17.3. The molecule has 2 N–H and O–H groups in total. The van der Waals surface area contributed by atoms with Crippen LogP contribution in [-0.2, 0) is 9.53 Å². The molecule has 4 nitrogen and oxygen atoms in total. The molecule has 4 heteroatoms. The van der Waals surface area contributed by atoms with Crippen molar-refractivity contribution in [1.29, 1.82) is 0 Å². The van der Waals surface area contributed by atoms with Crippen LogP contribution in [0, 0.1) is 5.92 Å². The van der Waals surface area contributed by atoms with Crippen LogP contribution < -0.4 is 5.73 Å². The summed E-state index contributed by atoms with van der Waals surface area (Å²) in [6.07, 6.45) is 0.604. The summed E-state index contributed by atoms with van der Waals surface area (Å²) in [5.74, 6) is 0.241. The Balaban J connectivity index is 4.19. The minimum atomic E-state index is -0.889. The molecular weight excluding hydrogens is 204 g/mol. The number of esters is 1. The van der Waals surface area contributed by atoms with E-state index in [0.29, 0.717) is 18.4 Å². The van der Waals surface area contributed by atoms with Crippen LogP contribution in [0.25, 0.3) is 0 Å². The zero-order valence-electron chi connectivity index (χ0n) is 11.4. The number of rotatable bonds is 6. The number of nitrogens with two attached hydrogens (primary N) is 1. The second kappa shape index (κ2) is 6.21. The highest BCUT2D eigenvalue weighted by atomic mass is 16.5. The van der Waals surface area contributed by atoms with E-state index in [1.54, 1.807) is 6.92 Å². The average molecular weight is 230 g/mol. The maximum absolute atomic E-state index is 11.4. The third kappa shape index (κ3) is 4.49. The number of hydrogen-bond donors (Lipinski definition) is 1. The lowest BCUT2D eigenvalue weighted by molar-refractivity contribution is -0.146. The van der Waals surface area contributed by atoms with Crippen molar-refractivity contribution >= 4 is 5.97 Å². The number of carbonyl (C=O) groups excluding carboxylic acids is 1. The molecule has 0 spiro atoms. The van der Waals surface area contributed by atoms with Crippen molar-refractivity contribution in [1.82, 2.24) is 4.90 Å². The number of ether oxygens (including phenoxy) is 1. The van der Waals surface area contributed by atoms with Gasteiger partial charge in [0.25, 0.3) is 0 Å². The van der Waals surface area contributed by atoms with E-state index < -0.39 is 5.54 Å². The molecule has 2 atom stereocenters. The first-order valence-corrected chi connectivity index (χ1v) is 5.80. The van der Waals surface area contributed by atoms with Crippen molar-refractivity contribution in [2.45, 2.75) is 45.7 Å². The first kappa shape index (κ1) is 15.4. The Labute approximate surface area is 99.1 Å². The smallest absolute Gasteiger partial charge is 0.325 e. The molecule has 0 rings (SSSR count). The average Bonchev–Trinajstić information content (AvgIpc) is 2.23. The fourth-order valence-electron chi connectivity index (χ4n) is 1.46. The molecule has 0 amide bonds. The SMILES string of the molecule is COC(=O)C(C)(N)CCN(C)C(C)C(C)C. The first-order valence-electron chi connectivity index (χ1n) is 5.80. The van der Waals surface area contributed by atoms with Crippen molar-refractivity contribution in [2.24, 2.45) is 11.7 Å². The molecule has 0 aliphatic heterocycles. The van der Waals surface area contributed by atoms with Crippen LogP contribution in [-0.4, -0.2) is 43.2 Å². The summed E-state index contributed by atoms with van der Waals surface area (Å²) in [5.41, 5.74) is 5.00. The number of carbonyl (C=O) groups is 1. The van der Waals surface area contributed by atoms with Gasteiger partial charge in [-0.25, -0.2) is 0 Å². The van der Waals surface area contributed by atoms with Gasteiger partial charge in [-0.3, -0.25) is 4.79 Å². The molecule has 0 aromatic rings. The lowest BCUT2D eigenvalue weighted by atomic mass is 9.98. The highest BCUT2D eigenvalue weighted by Crippen LogP contribution is 2.13. The van der Waals surface area contributed by atoms with Crippen LogP contribution in [0.5, 0.6) is 0 Å². The Morgan fingerprint density at radius 2 is 1.94 bits per heavy atom. The number of methoxy groups -OCH3 is 1. The topological polar surface area (TPSA) is 55.6 Å². The number of hydrogen-bond acceptors (Lipinski definition) is 4. The Morgan fingerprint density at radius 3 is 2.31 bits per heavy atom. The summed E-state index contributed by atoms with van der Waals surface area (Å²) in [5, 5.41) is 0. The third-order valence-corrected chi connectivity index (χ3v) is 3.30. The quantitative estimate of drug-likeness (QED) is 0.698. The van der Waals surface area contributed by atoms with E-state index in [9.17, 15) is 4.79 Å². The van der Waals surface area contributed by atoms with Crippen molar-refractivity contribution in [2.75, 3.05) is 20.7 Å². The molecule has 0 fully saturated rings. The van der Waals surface area contributed by atoms with Crippen molar-refractivity contribution in [3.63, 3.8) is 0 Å². The molecule has 0 radical (unpaired) electrons. The molecule has 2 unspecified atom stereocenters. The third-order valence-electron chi connectivity index (χ3n) is 3.30. The lowest BCUT2D eigenvalue weighted by Crippen LogP contribution is -2.48. The van der Waals surface area contributed by atoms with Gasteiger partial charge in [0.15, 0.2) is 0 Å². The molecule has 0 heterocycles. The Bertz CT molecular complexity index is 227. The largest absolute Gasteiger partial charge is 0.468 e. The van der Waals surface area contributed by atoms with E-state index in [2.05, 4.69) is 37.5 Å². The minimum Gasteiger partial charge on any atom is -0.468 e. The van der Waals surface area contributed by atoms with Crippen LogP contribution in [0.2, 0.25) is 0 Å². The molecule has 0 aromatic heterocycles. The number of nitrogens with zero attached hydrogens (tertiary/aromatic N) is 1. The maximum Gasteiger partial charge on any atom is 0.325 e. The van der Waals surface area contributed by atoms with Crippen LogP contribution in [0.15, 0.2) is 0 Å². The van der Waals surface area contributed by atoms with Gasteiger partial charge < -0.3 is 15.4 Å². The van der Waals surface area contributed by atoms with Gasteiger partial charge in [-0.15, -0.1) is 0 Å². The molecule has 0 saturated heterocycles. The van der Waals surface area contributed by atoms with Crippen LogP contribution in [0.4, 0.5) is 0 Å². The molecule has 0 saturated carbocycles. The maximum atomic E-state index is 11.4. The van der Waals surface area contributed by atoms with Gasteiger partial charge in [-0.05, 0) is 33.2 Å². The molecule has 96 valence electrons. The summed E-state index contributed by atoms with van der Waals surface area (Å²) >= 11 is 0. The van der Waals surface area contributed by atoms with Gasteiger partial charge in [-0.2, -0.15) is 0 Å². The Morgan fingerprint density at radius 1 is 1.44 bits per heavy atom. The predicted molar refractivity (Wildman–Crippen MR) is 66.2 cm³/mol. The van der Waals surface area contributed by atoms with Gasteiger partial charge in [0, 0.05) is 12.6 Å².